The Kier molecular flexibility index (Phi) is 7.77. The number of piperidine rings is 1. The van der Waals surface area contributed by atoms with E-state index in [0.29, 0.717) is 11.8 Å². The summed E-state index contributed by atoms with van der Waals surface area (Å²) in [5.74, 6) is 1.28. The number of aliphatic hydroxyl groups is 1. The maximum Gasteiger partial charge on any atom is 0.0434 e. The fourth-order valence-corrected chi connectivity index (χ4v) is 5.01. The van der Waals surface area contributed by atoms with Crippen LogP contribution in [0, 0.1) is 5.92 Å². The van der Waals surface area contributed by atoms with Crippen LogP contribution in [-0.2, 0) is 0 Å². The van der Waals surface area contributed by atoms with Gasteiger partial charge in [0.2, 0.25) is 0 Å². The van der Waals surface area contributed by atoms with Crippen LogP contribution in [-0.4, -0.2) is 24.8 Å². The molecule has 2 nitrogen and oxygen atoms in total. The van der Waals surface area contributed by atoms with Gasteiger partial charge in [-0.05, 0) is 103 Å². The van der Waals surface area contributed by atoms with Gasteiger partial charge in [0.1, 0.15) is 0 Å². The van der Waals surface area contributed by atoms with Gasteiger partial charge in [-0.3, -0.25) is 0 Å². The van der Waals surface area contributed by atoms with E-state index in [0.717, 1.165) is 45.2 Å². The largest absolute Gasteiger partial charge is 0.396 e. The van der Waals surface area contributed by atoms with Crippen molar-refractivity contribution < 1.29 is 5.11 Å². The third kappa shape index (κ3) is 5.56. The maximum absolute atomic E-state index is 9.60. The SMILES string of the molecule is CC1C=CC(/C(=C(\CCCO)C2=CCCC=C2)c2ccc(C3CCNCC3)cc2)=CC1. The van der Waals surface area contributed by atoms with Crippen LogP contribution in [0.2, 0.25) is 0 Å². The molecule has 1 fully saturated rings. The summed E-state index contributed by atoms with van der Waals surface area (Å²) in [5, 5.41) is 13.1. The average Bonchev–Trinajstić information content (AvgIpc) is 2.84. The Morgan fingerprint density at radius 3 is 2.45 bits per heavy atom. The summed E-state index contributed by atoms with van der Waals surface area (Å²) < 4.78 is 0. The van der Waals surface area contributed by atoms with Crippen LogP contribution in [0.25, 0.3) is 5.57 Å². The Morgan fingerprint density at radius 1 is 1.00 bits per heavy atom. The zero-order valence-electron chi connectivity index (χ0n) is 18.9. The van der Waals surface area contributed by atoms with E-state index in [2.05, 4.69) is 73.0 Å². The lowest BCUT2D eigenvalue weighted by molar-refractivity contribution is 0.289. The van der Waals surface area contributed by atoms with Crippen molar-refractivity contribution in [1.82, 2.24) is 5.32 Å². The highest BCUT2D eigenvalue weighted by Crippen LogP contribution is 2.38. The van der Waals surface area contributed by atoms with E-state index >= 15 is 0 Å². The lowest BCUT2D eigenvalue weighted by atomic mass is 9.82. The molecule has 1 unspecified atom stereocenters. The van der Waals surface area contributed by atoms with Gasteiger partial charge < -0.3 is 10.4 Å². The molecule has 2 aliphatic carbocycles. The number of aliphatic hydroxyl groups excluding tert-OH is 1. The monoisotopic (exact) mass is 415 g/mol. The molecule has 1 saturated heterocycles. The van der Waals surface area contributed by atoms with Gasteiger partial charge >= 0.3 is 0 Å². The van der Waals surface area contributed by atoms with Crippen LogP contribution in [0.5, 0.6) is 0 Å². The minimum Gasteiger partial charge on any atom is -0.396 e. The minimum absolute atomic E-state index is 0.231. The molecule has 2 heteroatoms. The molecule has 4 rings (SSSR count). The first kappa shape index (κ1) is 22.0. The van der Waals surface area contributed by atoms with Crippen molar-refractivity contribution in [3.05, 3.63) is 88.6 Å². The highest BCUT2D eigenvalue weighted by atomic mass is 16.2. The lowest BCUT2D eigenvalue weighted by Crippen LogP contribution is -2.26. The number of allylic oxidation sites excluding steroid dienone is 10. The molecule has 1 heterocycles. The molecule has 0 spiro atoms. The number of rotatable bonds is 7. The summed E-state index contributed by atoms with van der Waals surface area (Å²) >= 11 is 0. The van der Waals surface area contributed by atoms with Crippen molar-refractivity contribution in [3.8, 4) is 0 Å². The second-order valence-corrected chi connectivity index (χ2v) is 9.20. The normalized spacial score (nSPS) is 22.7. The second kappa shape index (κ2) is 10.9. The molecule has 0 radical (unpaired) electrons. The number of hydrogen-bond donors (Lipinski definition) is 2. The highest BCUT2D eigenvalue weighted by Gasteiger charge is 2.19. The number of hydrogen-bond acceptors (Lipinski definition) is 2. The third-order valence-corrected chi connectivity index (χ3v) is 6.84. The van der Waals surface area contributed by atoms with Gasteiger partial charge in [-0.2, -0.15) is 0 Å². The topological polar surface area (TPSA) is 32.3 Å². The zero-order chi connectivity index (χ0) is 21.5. The smallest absolute Gasteiger partial charge is 0.0434 e. The Morgan fingerprint density at radius 2 is 1.81 bits per heavy atom. The second-order valence-electron chi connectivity index (χ2n) is 9.20. The molecule has 0 amide bonds. The van der Waals surface area contributed by atoms with E-state index < -0.39 is 0 Å². The summed E-state index contributed by atoms with van der Waals surface area (Å²) in [4.78, 5) is 0. The predicted molar refractivity (Wildman–Crippen MR) is 132 cm³/mol. The summed E-state index contributed by atoms with van der Waals surface area (Å²) in [6.07, 6.45) is 21.5. The highest BCUT2D eigenvalue weighted by molar-refractivity contribution is 5.87. The predicted octanol–water partition coefficient (Wildman–Crippen LogP) is 6.48. The molecular weight excluding hydrogens is 378 g/mol. The molecule has 0 bridgehead atoms. The van der Waals surface area contributed by atoms with Crippen molar-refractivity contribution in [2.75, 3.05) is 19.7 Å². The molecule has 2 N–H and O–H groups in total. The van der Waals surface area contributed by atoms with Gasteiger partial charge in [0.15, 0.2) is 0 Å². The summed E-state index contributed by atoms with van der Waals surface area (Å²) in [6, 6.07) is 9.39. The van der Waals surface area contributed by atoms with Crippen LogP contribution in [0.15, 0.2) is 77.4 Å². The summed E-state index contributed by atoms with van der Waals surface area (Å²) in [7, 11) is 0. The van der Waals surface area contributed by atoms with Gasteiger partial charge in [-0.1, -0.05) is 67.6 Å². The fourth-order valence-electron chi connectivity index (χ4n) is 5.01. The van der Waals surface area contributed by atoms with Gasteiger partial charge in [0.25, 0.3) is 0 Å². The van der Waals surface area contributed by atoms with Crippen LogP contribution in [0.4, 0.5) is 0 Å². The molecule has 1 aromatic rings. The van der Waals surface area contributed by atoms with E-state index in [1.807, 2.05) is 0 Å². The van der Waals surface area contributed by atoms with E-state index in [1.165, 1.54) is 46.3 Å². The Labute approximate surface area is 188 Å². The number of benzene rings is 1. The van der Waals surface area contributed by atoms with Crippen molar-refractivity contribution in [2.45, 2.75) is 57.8 Å². The minimum atomic E-state index is 0.231. The molecule has 3 aliphatic rings. The standard InChI is InChI=1S/C29H37NO/c1-22-9-11-26(12-10-22)29(28(8-5-21-31)25-6-3-2-4-7-25)27-15-13-23(14-16-27)24-17-19-30-20-18-24/h3,6-7,9,11-16,22,24,30-31H,2,4-5,8,10,17-21H2,1H3/b29-28-. The molecule has 1 aliphatic heterocycles. The summed E-state index contributed by atoms with van der Waals surface area (Å²) in [6.45, 7) is 4.76. The Bertz CT molecular complexity index is 891. The van der Waals surface area contributed by atoms with Crippen LogP contribution in [0.3, 0.4) is 0 Å². The molecule has 164 valence electrons. The average molecular weight is 416 g/mol. The van der Waals surface area contributed by atoms with E-state index in [-0.39, 0.29) is 6.61 Å². The fraction of sp³-hybridized carbons (Fsp3) is 0.448. The lowest BCUT2D eigenvalue weighted by Gasteiger charge is -2.24. The molecule has 1 atom stereocenters. The molecule has 1 aromatic carbocycles. The van der Waals surface area contributed by atoms with Gasteiger partial charge in [-0.15, -0.1) is 0 Å². The van der Waals surface area contributed by atoms with E-state index in [4.69, 9.17) is 0 Å². The maximum atomic E-state index is 9.60. The first-order valence-electron chi connectivity index (χ1n) is 12.2. The van der Waals surface area contributed by atoms with Gasteiger partial charge in [-0.25, -0.2) is 0 Å². The van der Waals surface area contributed by atoms with Crippen LogP contribution < -0.4 is 5.32 Å². The van der Waals surface area contributed by atoms with Gasteiger partial charge in [0.05, 0.1) is 0 Å². The van der Waals surface area contributed by atoms with E-state index in [1.54, 1.807) is 0 Å². The molecular formula is C29H37NO. The van der Waals surface area contributed by atoms with Crippen LogP contribution >= 0.6 is 0 Å². The summed E-state index contributed by atoms with van der Waals surface area (Å²) in [5.41, 5.74) is 8.18. The molecule has 31 heavy (non-hydrogen) atoms. The van der Waals surface area contributed by atoms with Crippen molar-refractivity contribution in [2.24, 2.45) is 5.92 Å². The van der Waals surface area contributed by atoms with Crippen molar-refractivity contribution in [1.29, 1.82) is 0 Å². The third-order valence-electron chi connectivity index (χ3n) is 6.84. The van der Waals surface area contributed by atoms with Crippen molar-refractivity contribution in [3.63, 3.8) is 0 Å². The molecule has 0 aromatic heterocycles. The van der Waals surface area contributed by atoms with Crippen LogP contribution in [0.1, 0.15) is 68.9 Å². The first-order chi connectivity index (χ1) is 15.3. The zero-order valence-corrected chi connectivity index (χ0v) is 18.9. The quantitative estimate of drug-likeness (QED) is 0.534. The first-order valence-corrected chi connectivity index (χ1v) is 12.2. The number of nitrogens with one attached hydrogen (secondary N) is 1. The van der Waals surface area contributed by atoms with Gasteiger partial charge in [0, 0.05) is 6.61 Å². The Hall–Kier alpha value is -2.16. The van der Waals surface area contributed by atoms with Crippen molar-refractivity contribution >= 4 is 5.57 Å². The van der Waals surface area contributed by atoms with E-state index in [9.17, 15) is 5.11 Å². The Balaban J connectivity index is 1.76. The molecule has 0 saturated carbocycles.